The number of carbonyl (C=O) groups excluding carboxylic acids is 2. The van der Waals surface area contributed by atoms with Gasteiger partial charge in [-0.1, -0.05) is 61.9 Å². The predicted molar refractivity (Wildman–Crippen MR) is 148 cm³/mol. The van der Waals surface area contributed by atoms with Crippen molar-refractivity contribution in [3.05, 3.63) is 105 Å². The van der Waals surface area contributed by atoms with E-state index in [1.807, 2.05) is 86.3 Å². The molecule has 0 fully saturated rings. The number of amides is 2. The highest BCUT2D eigenvalue weighted by atomic mass is 16.2. The molecule has 3 rings (SSSR count). The molecule has 37 heavy (non-hydrogen) atoms. The first kappa shape index (κ1) is 27.9. The van der Waals surface area contributed by atoms with Gasteiger partial charge in [-0.2, -0.15) is 0 Å². The first-order chi connectivity index (χ1) is 17.7. The van der Waals surface area contributed by atoms with E-state index in [4.69, 9.17) is 5.73 Å². The van der Waals surface area contributed by atoms with Gasteiger partial charge in [0.25, 0.3) is 17.4 Å². The number of benzene rings is 2. The van der Waals surface area contributed by atoms with E-state index < -0.39 is 11.9 Å². The molecule has 0 spiro atoms. The number of aryl methyl sites for hydroxylation is 2. The molecule has 2 amide bonds. The van der Waals surface area contributed by atoms with Crippen LogP contribution < -0.4 is 16.6 Å². The molecule has 3 N–H and O–H groups in total. The second-order valence-electron chi connectivity index (χ2n) is 9.78. The van der Waals surface area contributed by atoms with Gasteiger partial charge in [0.15, 0.2) is 0 Å². The van der Waals surface area contributed by atoms with Gasteiger partial charge in [-0.3, -0.25) is 14.4 Å². The Labute approximate surface area is 219 Å². The third kappa shape index (κ3) is 6.35. The number of carbonyl (C=O) groups is 2. The summed E-state index contributed by atoms with van der Waals surface area (Å²) < 4.78 is 1.65. The van der Waals surface area contributed by atoms with Crippen LogP contribution in [-0.4, -0.2) is 41.4 Å². The van der Waals surface area contributed by atoms with Gasteiger partial charge in [0.1, 0.15) is 5.56 Å². The maximum atomic E-state index is 13.9. The Hall–Kier alpha value is -3.71. The van der Waals surface area contributed by atoms with E-state index >= 15 is 0 Å². The number of hydrogen-bond donors (Lipinski definition) is 2. The van der Waals surface area contributed by atoms with Gasteiger partial charge in [0, 0.05) is 24.8 Å². The summed E-state index contributed by atoms with van der Waals surface area (Å²) in [6.45, 7) is 9.01. The number of nitrogens with two attached hydrogens (primary N) is 1. The topological polar surface area (TPSA) is 97.4 Å². The average molecular weight is 503 g/mol. The van der Waals surface area contributed by atoms with Gasteiger partial charge < -0.3 is 20.5 Å². The minimum Gasteiger partial charge on any atom is -0.355 e. The lowest BCUT2D eigenvalue weighted by molar-refractivity contribution is 0.0608. The highest BCUT2D eigenvalue weighted by Crippen LogP contribution is 2.31. The lowest BCUT2D eigenvalue weighted by Gasteiger charge is -2.37. The van der Waals surface area contributed by atoms with E-state index in [9.17, 15) is 14.4 Å². The third-order valence-corrected chi connectivity index (χ3v) is 6.60. The molecular weight excluding hydrogens is 464 g/mol. The summed E-state index contributed by atoms with van der Waals surface area (Å²) in [4.78, 5) is 42.2. The fourth-order valence-electron chi connectivity index (χ4n) is 4.72. The minimum atomic E-state index is -0.423. The van der Waals surface area contributed by atoms with Gasteiger partial charge in [-0.15, -0.1) is 0 Å². The smallest absolute Gasteiger partial charge is 0.264 e. The van der Waals surface area contributed by atoms with Crippen LogP contribution >= 0.6 is 0 Å². The zero-order valence-corrected chi connectivity index (χ0v) is 22.5. The minimum absolute atomic E-state index is 0.0150. The molecule has 7 heteroatoms. The maximum Gasteiger partial charge on any atom is 0.264 e. The SMILES string of the molecule is CNC(=O)c1c(C)cc(C(C(C)C)N(CCCN)C(=O)c2ccc(C)cc2)n(Cc2ccccc2)c1=O. The fourth-order valence-corrected chi connectivity index (χ4v) is 4.72. The molecule has 2 aromatic carbocycles. The lowest BCUT2D eigenvalue weighted by atomic mass is 9.94. The quantitative estimate of drug-likeness (QED) is 0.437. The van der Waals surface area contributed by atoms with Crippen LogP contribution in [0.3, 0.4) is 0 Å². The van der Waals surface area contributed by atoms with Gasteiger partial charge >= 0.3 is 0 Å². The Morgan fingerprint density at radius 2 is 1.68 bits per heavy atom. The number of nitrogens with zero attached hydrogens (tertiary/aromatic N) is 2. The van der Waals surface area contributed by atoms with Crippen molar-refractivity contribution < 1.29 is 9.59 Å². The molecule has 0 saturated carbocycles. The molecule has 7 nitrogen and oxygen atoms in total. The molecule has 1 unspecified atom stereocenters. The standard InChI is InChI=1S/C30H38N4O3/c1-20(2)27(33(17-9-16-31)29(36)24-14-12-21(3)13-15-24)25-18-22(4)26(28(35)32-5)30(37)34(25)19-23-10-7-6-8-11-23/h6-8,10-15,18,20,27H,9,16-17,19,31H2,1-5H3,(H,32,35). The van der Waals surface area contributed by atoms with Gasteiger partial charge in [-0.05, 0) is 62.1 Å². The van der Waals surface area contributed by atoms with Crippen LogP contribution in [0.15, 0.2) is 65.5 Å². The summed E-state index contributed by atoms with van der Waals surface area (Å²) >= 11 is 0. The van der Waals surface area contributed by atoms with Crippen molar-refractivity contribution in [3.63, 3.8) is 0 Å². The highest BCUT2D eigenvalue weighted by Gasteiger charge is 2.32. The molecular formula is C30H38N4O3. The average Bonchev–Trinajstić information content (AvgIpc) is 2.88. The van der Waals surface area contributed by atoms with Crippen LogP contribution in [0, 0.1) is 19.8 Å². The third-order valence-electron chi connectivity index (χ3n) is 6.60. The molecule has 0 bridgehead atoms. The predicted octanol–water partition coefficient (Wildman–Crippen LogP) is 4.06. The Bertz CT molecular complexity index is 1280. The van der Waals surface area contributed by atoms with Crippen molar-refractivity contribution in [2.24, 2.45) is 11.7 Å². The van der Waals surface area contributed by atoms with Crippen LogP contribution in [0.5, 0.6) is 0 Å². The van der Waals surface area contributed by atoms with Crippen LogP contribution in [0.4, 0.5) is 0 Å². The zero-order valence-electron chi connectivity index (χ0n) is 22.5. The summed E-state index contributed by atoms with van der Waals surface area (Å²) in [5.74, 6) is -0.551. The summed E-state index contributed by atoms with van der Waals surface area (Å²) in [5, 5.41) is 2.59. The summed E-state index contributed by atoms with van der Waals surface area (Å²) in [7, 11) is 1.52. The van der Waals surface area contributed by atoms with E-state index in [1.165, 1.54) is 7.05 Å². The van der Waals surface area contributed by atoms with Crippen molar-refractivity contribution in [2.45, 2.75) is 46.7 Å². The molecule has 0 radical (unpaired) electrons. The normalized spacial score (nSPS) is 11.9. The van der Waals surface area contributed by atoms with Crippen molar-refractivity contribution in [2.75, 3.05) is 20.1 Å². The first-order valence-electron chi connectivity index (χ1n) is 12.8. The molecule has 196 valence electrons. The summed E-state index contributed by atoms with van der Waals surface area (Å²) in [5.41, 5.74) is 9.47. The Balaban J connectivity index is 2.24. The largest absolute Gasteiger partial charge is 0.355 e. The maximum absolute atomic E-state index is 13.9. The van der Waals surface area contributed by atoms with E-state index in [1.54, 1.807) is 11.5 Å². The Morgan fingerprint density at radius 3 is 2.24 bits per heavy atom. The van der Waals surface area contributed by atoms with Gasteiger partial charge in [-0.25, -0.2) is 0 Å². The number of aromatic nitrogens is 1. The number of pyridine rings is 1. The number of hydrogen-bond acceptors (Lipinski definition) is 4. The van der Waals surface area contributed by atoms with Crippen molar-refractivity contribution in [1.29, 1.82) is 0 Å². The zero-order chi connectivity index (χ0) is 27.1. The Morgan fingerprint density at radius 1 is 1.03 bits per heavy atom. The molecule has 0 saturated heterocycles. The molecule has 0 aliphatic carbocycles. The summed E-state index contributed by atoms with van der Waals surface area (Å²) in [6, 6.07) is 18.6. The van der Waals surface area contributed by atoms with Crippen molar-refractivity contribution in [1.82, 2.24) is 14.8 Å². The molecule has 1 atom stereocenters. The highest BCUT2D eigenvalue weighted by molar-refractivity contribution is 5.95. The van der Waals surface area contributed by atoms with Gasteiger partial charge in [0.2, 0.25) is 0 Å². The van der Waals surface area contributed by atoms with Crippen LogP contribution in [-0.2, 0) is 6.54 Å². The number of nitrogens with one attached hydrogen (secondary N) is 1. The lowest BCUT2D eigenvalue weighted by Crippen LogP contribution is -2.43. The second kappa shape index (κ2) is 12.5. The van der Waals surface area contributed by atoms with Crippen molar-refractivity contribution in [3.8, 4) is 0 Å². The fraction of sp³-hybridized carbons (Fsp3) is 0.367. The van der Waals surface area contributed by atoms with E-state index in [2.05, 4.69) is 5.32 Å². The monoisotopic (exact) mass is 502 g/mol. The molecule has 1 heterocycles. The first-order valence-corrected chi connectivity index (χ1v) is 12.8. The van der Waals surface area contributed by atoms with E-state index in [0.717, 1.165) is 11.1 Å². The van der Waals surface area contributed by atoms with Crippen LogP contribution in [0.1, 0.15) is 69.4 Å². The van der Waals surface area contributed by atoms with Crippen LogP contribution in [0.2, 0.25) is 0 Å². The molecule has 0 aliphatic rings. The summed E-state index contributed by atoms with van der Waals surface area (Å²) in [6.07, 6.45) is 0.624. The van der Waals surface area contributed by atoms with Gasteiger partial charge in [0.05, 0.1) is 12.6 Å². The molecule has 1 aromatic heterocycles. The number of rotatable bonds is 10. The second-order valence-corrected chi connectivity index (χ2v) is 9.78. The molecule has 3 aromatic rings. The van der Waals surface area contributed by atoms with E-state index in [0.29, 0.717) is 36.3 Å². The van der Waals surface area contributed by atoms with Crippen molar-refractivity contribution >= 4 is 11.8 Å². The van der Waals surface area contributed by atoms with Crippen LogP contribution in [0.25, 0.3) is 0 Å². The Kier molecular flexibility index (Phi) is 9.42. The molecule has 0 aliphatic heterocycles. The van der Waals surface area contributed by atoms with E-state index in [-0.39, 0.29) is 29.5 Å².